The SMILES string of the molecule is CCCN(CC(=O)O)Cc1ccc(-c2ccc([N+](=O)[O-])cc2Br)o1. The third-order valence-corrected chi connectivity index (χ3v) is 4.02. The Morgan fingerprint density at radius 2 is 2.12 bits per heavy atom. The number of nitrogens with zero attached hydrogens (tertiary/aromatic N) is 2. The molecule has 0 spiro atoms. The second-order valence-corrected chi connectivity index (χ2v) is 6.15. The standard InChI is InChI=1S/C16H17BrN2O5/c1-2-7-18(10-16(20)21)9-12-4-6-15(24-12)13-5-3-11(19(22)23)8-14(13)17/h3-6,8H,2,7,9-10H2,1H3,(H,20,21). The molecule has 2 rings (SSSR count). The Balaban J connectivity index is 2.18. The number of hydrogen-bond donors (Lipinski definition) is 1. The van der Waals surface area contributed by atoms with Crippen molar-refractivity contribution >= 4 is 27.6 Å². The van der Waals surface area contributed by atoms with Gasteiger partial charge in [0.15, 0.2) is 0 Å². The van der Waals surface area contributed by atoms with Gasteiger partial charge in [0.25, 0.3) is 5.69 Å². The molecule has 0 unspecified atom stereocenters. The monoisotopic (exact) mass is 396 g/mol. The van der Waals surface area contributed by atoms with E-state index >= 15 is 0 Å². The predicted octanol–water partition coefficient (Wildman–Crippen LogP) is 3.91. The van der Waals surface area contributed by atoms with Gasteiger partial charge in [-0.15, -0.1) is 0 Å². The number of nitro groups is 1. The smallest absolute Gasteiger partial charge is 0.317 e. The van der Waals surface area contributed by atoms with Gasteiger partial charge in [0.1, 0.15) is 11.5 Å². The first-order valence-corrected chi connectivity index (χ1v) is 8.17. The molecule has 0 radical (unpaired) electrons. The van der Waals surface area contributed by atoms with E-state index in [1.165, 1.54) is 12.1 Å². The number of nitro benzene ring substituents is 1. The molecule has 0 aliphatic rings. The van der Waals surface area contributed by atoms with Crippen LogP contribution in [0.4, 0.5) is 5.69 Å². The van der Waals surface area contributed by atoms with Crippen molar-refractivity contribution in [2.24, 2.45) is 0 Å². The maximum atomic E-state index is 10.9. The lowest BCUT2D eigenvalue weighted by molar-refractivity contribution is -0.384. The molecule has 0 amide bonds. The van der Waals surface area contributed by atoms with Crippen LogP contribution >= 0.6 is 15.9 Å². The molecule has 128 valence electrons. The van der Waals surface area contributed by atoms with Crippen molar-refractivity contribution in [3.05, 3.63) is 50.7 Å². The zero-order valence-corrected chi connectivity index (χ0v) is 14.7. The molecular weight excluding hydrogens is 380 g/mol. The Hall–Kier alpha value is -2.19. The molecule has 1 aromatic heterocycles. The number of hydrogen-bond acceptors (Lipinski definition) is 5. The summed E-state index contributed by atoms with van der Waals surface area (Å²) in [6, 6.07) is 8.01. The highest BCUT2D eigenvalue weighted by Gasteiger charge is 2.15. The summed E-state index contributed by atoms with van der Waals surface area (Å²) in [6.45, 7) is 2.98. The van der Waals surface area contributed by atoms with Gasteiger partial charge in [-0.05, 0) is 47.1 Å². The van der Waals surface area contributed by atoms with Gasteiger partial charge in [-0.1, -0.05) is 6.92 Å². The van der Waals surface area contributed by atoms with Gasteiger partial charge in [0.05, 0.1) is 18.0 Å². The molecule has 0 aliphatic carbocycles. The van der Waals surface area contributed by atoms with Gasteiger partial charge in [0, 0.05) is 22.2 Å². The van der Waals surface area contributed by atoms with Gasteiger partial charge in [-0.2, -0.15) is 0 Å². The van der Waals surface area contributed by atoms with Crippen LogP contribution in [-0.2, 0) is 11.3 Å². The summed E-state index contributed by atoms with van der Waals surface area (Å²) >= 11 is 3.32. The number of benzene rings is 1. The molecule has 0 atom stereocenters. The predicted molar refractivity (Wildman–Crippen MR) is 91.7 cm³/mol. The number of carboxylic acid groups (broad SMARTS) is 1. The number of carboxylic acids is 1. The first kappa shape index (κ1) is 18.2. The minimum absolute atomic E-state index is 0.00650. The van der Waals surface area contributed by atoms with Crippen LogP contribution in [-0.4, -0.2) is 34.0 Å². The van der Waals surface area contributed by atoms with Crippen LogP contribution in [0.3, 0.4) is 0 Å². The fraction of sp³-hybridized carbons (Fsp3) is 0.312. The molecule has 0 aliphatic heterocycles. The van der Waals surface area contributed by atoms with Crippen molar-refractivity contribution in [2.45, 2.75) is 19.9 Å². The van der Waals surface area contributed by atoms with E-state index in [1.807, 2.05) is 6.92 Å². The molecule has 0 saturated heterocycles. The lowest BCUT2D eigenvalue weighted by Gasteiger charge is -2.17. The molecule has 2 aromatic rings. The minimum Gasteiger partial charge on any atom is -0.480 e. The van der Waals surface area contributed by atoms with Crippen molar-refractivity contribution in [3.8, 4) is 11.3 Å². The van der Waals surface area contributed by atoms with E-state index in [1.54, 1.807) is 23.1 Å². The maximum Gasteiger partial charge on any atom is 0.317 e. The molecular formula is C16H17BrN2O5. The Bertz CT molecular complexity index is 744. The Morgan fingerprint density at radius 3 is 2.71 bits per heavy atom. The Morgan fingerprint density at radius 1 is 1.38 bits per heavy atom. The number of furan rings is 1. The zero-order valence-electron chi connectivity index (χ0n) is 13.1. The Kier molecular flexibility index (Phi) is 6.10. The molecule has 0 bridgehead atoms. The highest BCUT2D eigenvalue weighted by molar-refractivity contribution is 9.10. The van der Waals surface area contributed by atoms with Crippen LogP contribution < -0.4 is 0 Å². The quantitative estimate of drug-likeness (QED) is 0.536. The molecule has 1 N–H and O–H groups in total. The summed E-state index contributed by atoms with van der Waals surface area (Å²) in [7, 11) is 0. The highest BCUT2D eigenvalue weighted by atomic mass is 79.9. The average Bonchev–Trinajstić information content (AvgIpc) is 2.94. The number of non-ortho nitro benzene ring substituents is 1. The molecule has 0 fully saturated rings. The number of carbonyl (C=O) groups is 1. The van der Waals surface area contributed by atoms with Crippen LogP contribution in [0.5, 0.6) is 0 Å². The van der Waals surface area contributed by atoms with Gasteiger partial charge in [-0.25, -0.2) is 0 Å². The topological polar surface area (TPSA) is 96.8 Å². The van der Waals surface area contributed by atoms with Crippen molar-refractivity contribution in [1.29, 1.82) is 0 Å². The molecule has 1 heterocycles. The van der Waals surface area contributed by atoms with Crippen molar-refractivity contribution in [1.82, 2.24) is 4.90 Å². The van der Waals surface area contributed by atoms with Crippen LogP contribution in [0.2, 0.25) is 0 Å². The van der Waals surface area contributed by atoms with Crippen molar-refractivity contribution in [2.75, 3.05) is 13.1 Å². The second kappa shape index (κ2) is 8.07. The van der Waals surface area contributed by atoms with E-state index in [2.05, 4.69) is 15.9 Å². The highest BCUT2D eigenvalue weighted by Crippen LogP contribution is 2.32. The third kappa shape index (κ3) is 4.65. The lowest BCUT2D eigenvalue weighted by Crippen LogP contribution is -2.29. The van der Waals surface area contributed by atoms with Gasteiger partial charge < -0.3 is 9.52 Å². The number of aliphatic carboxylic acids is 1. The summed E-state index contributed by atoms with van der Waals surface area (Å²) in [6.07, 6.45) is 0.842. The first-order chi connectivity index (χ1) is 11.4. The fourth-order valence-electron chi connectivity index (χ4n) is 2.37. The van der Waals surface area contributed by atoms with E-state index < -0.39 is 10.9 Å². The van der Waals surface area contributed by atoms with Gasteiger partial charge in [-0.3, -0.25) is 19.8 Å². The lowest BCUT2D eigenvalue weighted by atomic mass is 10.1. The summed E-state index contributed by atoms with van der Waals surface area (Å²) in [4.78, 5) is 23.0. The normalized spacial score (nSPS) is 11.0. The van der Waals surface area contributed by atoms with E-state index in [9.17, 15) is 14.9 Å². The van der Waals surface area contributed by atoms with E-state index in [-0.39, 0.29) is 12.2 Å². The van der Waals surface area contributed by atoms with E-state index in [0.29, 0.717) is 34.6 Å². The van der Waals surface area contributed by atoms with E-state index in [0.717, 1.165) is 6.42 Å². The number of halogens is 1. The van der Waals surface area contributed by atoms with Crippen LogP contribution in [0, 0.1) is 10.1 Å². The van der Waals surface area contributed by atoms with Gasteiger partial charge >= 0.3 is 5.97 Å². The minimum atomic E-state index is -0.881. The molecule has 0 saturated carbocycles. The van der Waals surface area contributed by atoms with Crippen LogP contribution in [0.25, 0.3) is 11.3 Å². The van der Waals surface area contributed by atoms with Crippen LogP contribution in [0.15, 0.2) is 39.2 Å². The fourth-order valence-corrected chi connectivity index (χ4v) is 2.93. The largest absolute Gasteiger partial charge is 0.480 e. The molecule has 1 aromatic carbocycles. The summed E-state index contributed by atoms with van der Waals surface area (Å²) in [5.41, 5.74) is 0.695. The first-order valence-electron chi connectivity index (χ1n) is 7.38. The van der Waals surface area contributed by atoms with Crippen LogP contribution in [0.1, 0.15) is 19.1 Å². The zero-order chi connectivity index (χ0) is 17.7. The molecule has 8 heteroatoms. The number of rotatable bonds is 8. The third-order valence-electron chi connectivity index (χ3n) is 3.37. The second-order valence-electron chi connectivity index (χ2n) is 5.29. The maximum absolute atomic E-state index is 10.9. The van der Waals surface area contributed by atoms with E-state index in [4.69, 9.17) is 9.52 Å². The summed E-state index contributed by atoms with van der Waals surface area (Å²) < 4.78 is 6.34. The molecule has 7 nitrogen and oxygen atoms in total. The molecule has 24 heavy (non-hydrogen) atoms. The van der Waals surface area contributed by atoms with Crippen molar-refractivity contribution < 1.29 is 19.2 Å². The van der Waals surface area contributed by atoms with Crippen molar-refractivity contribution in [3.63, 3.8) is 0 Å². The van der Waals surface area contributed by atoms with Gasteiger partial charge in [0.2, 0.25) is 0 Å². The Labute approximate surface area is 147 Å². The average molecular weight is 397 g/mol. The summed E-state index contributed by atoms with van der Waals surface area (Å²) in [5, 5.41) is 19.7. The summed E-state index contributed by atoms with van der Waals surface area (Å²) in [5.74, 6) is 0.330.